The molecule has 0 bridgehead atoms. The lowest BCUT2D eigenvalue weighted by molar-refractivity contribution is -0.130. The number of carbonyl (C=O) groups excluding carboxylic acids is 2. The summed E-state index contributed by atoms with van der Waals surface area (Å²) in [4.78, 5) is 28.3. The van der Waals surface area contributed by atoms with Crippen LogP contribution in [-0.2, 0) is 4.79 Å². The maximum absolute atomic E-state index is 13.0. The van der Waals surface area contributed by atoms with Gasteiger partial charge in [0.25, 0.3) is 5.91 Å². The second-order valence-corrected chi connectivity index (χ2v) is 6.22. The Morgan fingerprint density at radius 2 is 1.78 bits per heavy atom. The molecule has 1 N–H and O–H groups in total. The molecule has 7 heteroatoms. The van der Waals surface area contributed by atoms with E-state index in [2.05, 4.69) is 10.2 Å². The molecule has 2 aromatic rings. The van der Waals surface area contributed by atoms with Crippen molar-refractivity contribution in [3.8, 4) is 6.07 Å². The van der Waals surface area contributed by atoms with Crippen molar-refractivity contribution < 1.29 is 14.0 Å². The number of halogens is 1. The first kappa shape index (κ1) is 18.4. The molecule has 1 saturated heterocycles. The number of hydrogen-bond donors (Lipinski definition) is 1. The van der Waals surface area contributed by atoms with Gasteiger partial charge in [-0.15, -0.1) is 0 Å². The van der Waals surface area contributed by atoms with Crippen molar-refractivity contribution in [2.75, 3.05) is 37.6 Å². The molecule has 1 aliphatic rings. The van der Waals surface area contributed by atoms with E-state index in [0.717, 1.165) is 5.69 Å². The number of carbonyl (C=O) groups is 2. The van der Waals surface area contributed by atoms with E-state index in [0.29, 0.717) is 37.3 Å². The fourth-order valence-electron chi connectivity index (χ4n) is 2.97. The third-order valence-electron chi connectivity index (χ3n) is 4.48. The van der Waals surface area contributed by atoms with Gasteiger partial charge in [0.15, 0.2) is 0 Å². The summed E-state index contributed by atoms with van der Waals surface area (Å²) in [6.45, 7) is 2.28. The highest BCUT2D eigenvalue weighted by Crippen LogP contribution is 2.16. The summed E-state index contributed by atoms with van der Waals surface area (Å²) >= 11 is 0. The highest BCUT2D eigenvalue weighted by molar-refractivity contribution is 5.96. The maximum atomic E-state index is 13.0. The van der Waals surface area contributed by atoms with Gasteiger partial charge in [0.2, 0.25) is 5.91 Å². The molecule has 2 aromatic carbocycles. The first-order valence-corrected chi connectivity index (χ1v) is 8.63. The van der Waals surface area contributed by atoms with Gasteiger partial charge in [-0.05, 0) is 42.5 Å². The topological polar surface area (TPSA) is 76.4 Å². The van der Waals surface area contributed by atoms with E-state index in [1.165, 1.54) is 18.2 Å². The Hall–Kier alpha value is -3.40. The molecule has 0 unspecified atom stereocenters. The Balaban J connectivity index is 1.48. The van der Waals surface area contributed by atoms with Gasteiger partial charge in [-0.3, -0.25) is 9.59 Å². The van der Waals surface area contributed by atoms with Gasteiger partial charge in [-0.2, -0.15) is 5.26 Å². The Morgan fingerprint density at radius 3 is 2.44 bits per heavy atom. The van der Waals surface area contributed by atoms with Crippen LogP contribution in [0.2, 0.25) is 0 Å². The normalized spacial score (nSPS) is 13.8. The molecular weight excluding hydrogens is 347 g/mol. The van der Waals surface area contributed by atoms with E-state index in [-0.39, 0.29) is 24.2 Å². The number of nitrogens with zero attached hydrogens (tertiary/aromatic N) is 3. The zero-order valence-electron chi connectivity index (χ0n) is 14.7. The van der Waals surface area contributed by atoms with E-state index >= 15 is 0 Å². The quantitative estimate of drug-likeness (QED) is 0.895. The van der Waals surface area contributed by atoms with Crippen molar-refractivity contribution in [3.63, 3.8) is 0 Å². The van der Waals surface area contributed by atoms with Crippen molar-refractivity contribution >= 4 is 17.5 Å². The second-order valence-electron chi connectivity index (χ2n) is 6.22. The van der Waals surface area contributed by atoms with E-state index < -0.39 is 0 Å². The number of amides is 2. The molecule has 138 valence electrons. The highest BCUT2D eigenvalue weighted by Gasteiger charge is 2.21. The summed E-state index contributed by atoms with van der Waals surface area (Å²) in [5.41, 5.74) is 1.67. The smallest absolute Gasteiger partial charge is 0.251 e. The molecule has 3 rings (SSSR count). The minimum absolute atomic E-state index is 0.0911. The van der Waals surface area contributed by atoms with Crippen LogP contribution in [0.5, 0.6) is 0 Å². The Bertz CT molecular complexity index is 868. The van der Waals surface area contributed by atoms with E-state index in [1.807, 2.05) is 6.07 Å². The molecule has 1 aliphatic heterocycles. The number of benzene rings is 2. The SMILES string of the molecule is N#Cc1cccc(C(=O)NCC(=O)N2CCN(c3ccc(F)cc3)CC2)c1. The lowest BCUT2D eigenvalue weighted by Gasteiger charge is -2.36. The Morgan fingerprint density at radius 1 is 1.07 bits per heavy atom. The van der Waals surface area contributed by atoms with Crippen LogP contribution in [0.4, 0.5) is 10.1 Å². The number of piperazine rings is 1. The van der Waals surface area contributed by atoms with Gasteiger partial charge in [0.05, 0.1) is 18.2 Å². The largest absolute Gasteiger partial charge is 0.368 e. The van der Waals surface area contributed by atoms with Gasteiger partial charge >= 0.3 is 0 Å². The Labute approximate surface area is 156 Å². The van der Waals surface area contributed by atoms with Crippen molar-refractivity contribution in [3.05, 3.63) is 65.5 Å². The predicted molar refractivity (Wildman–Crippen MR) is 98.7 cm³/mol. The standard InChI is InChI=1S/C20H19FN4O2/c21-17-4-6-18(7-5-17)24-8-10-25(11-9-24)19(26)14-23-20(27)16-3-1-2-15(12-16)13-22/h1-7,12H,8-11,14H2,(H,23,27). The maximum Gasteiger partial charge on any atom is 0.251 e. The predicted octanol–water partition coefficient (Wildman–Crippen LogP) is 1.78. The molecule has 0 atom stereocenters. The van der Waals surface area contributed by atoms with Crippen molar-refractivity contribution in [1.82, 2.24) is 10.2 Å². The van der Waals surface area contributed by atoms with Crippen LogP contribution in [0.15, 0.2) is 48.5 Å². The van der Waals surface area contributed by atoms with Gasteiger partial charge in [-0.1, -0.05) is 6.07 Å². The highest BCUT2D eigenvalue weighted by atomic mass is 19.1. The van der Waals surface area contributed by atoms with E-state index in [4.69, 9.17) is 5.26 Å². The number of rotatable bonds is 4. The molecule has 0 aliphatic carbocycles. The van der Waals surface area contributed by atoms with Crippen LogP contribution >= 0.6 is 0 Å². The minimum Gasteiger partial charge on any atom is -0.368 e. The van der Waals surface area contributed by atoms with Crippen molar-refractivity contribution in [1.29, 1.82) is 5.26 Å². The second kappa shape index (κ2) is 8.32. The van der Waals surface area contributed by atoms with Gasteiger partial charge in [-0.25, -0.2) is 4.39 Å². The molecule has 6 nitrogen and oxygen atoms in total. The molecule has 2 amide bonds. The van der Waals surface area contributed by atoms with Crippen LogP contribution in [0.1, 0.15) is 15.9 Å². The first-order chi connectivity index (χ1) is 13.1. The monoisotopic (exact) mass is 366 g/mol. The Kier molecular flexibility index (Phi) is 5.67. The number of nitrogens with one attached hydrogen (secondary N) is 1. The lowest BCUT2D eigenvalue weighted by Crippen LogP contribution is -2.51. The average molecular weight is 366 g/mol. The molecule has 1 heterocycles. The van der Waals surface area contributed by atoms with E-state index in [9.17, 15) is 14.0 Å². The molecule has 0 saturated carbocycles. The van der Waals surface area contributed by atoms with Crippen molar-refractivity contribution in [2.45, 2.75) is 0 Å². The number of nitriles is 1. The summed E-state index contributed by atoms with van der Waals surface area (Å²) in [7, 11) is 0. The molecular formula is C20H19FN4O2. The summed E-state index contributed by atoms with van der Waals surface area (Å²) in [5, 5.41) is 11.5. The third-order valence-corrected chi connectivity index (χ3v) is 4.48. The van der Waals surface area contributed by atoms with Gasteiger partial charge in [0.1, 0.15) is 5.82 Å². The lowest BCUT2D eigenvalue weighted by atomic mass is 10.1. The minimum atomic E-state index is -0.384. The number of hydrogen-bond acceptors (Lipinski definition) is 4. The summed E-state index contributed by atoms with van der Waals surface area (Å²) in [6, 6.07) is 14.6. The molecule has 0 spiro atoms. The van der Waals surface area contributed by atoms with Crippen LogP contribution < -0.4 is 10.2 Å². The molecule has 0 radical (unpaired) electrons. The third kappa shape index (κ3) is 4.61. The fourth-order valence-corrected chi connectivity index (χ4v) is 2.97. The molecule has 27 heavy (non-hydrogen) atoms. The van der Waals surface area contributed by atoms with Crippen LogP contribution in [0.25, 0.3) is 0 Å². The summed E-state index contributed by atoms with van der Waals surface area (Å²) in [5.74, 6) is -0.812. The van der Waals surface area contributed by atoms with E-state index in [1.54, 1.807) is 35.2 Å². The van der Waals surface area contributed by atoms with Crippen LogP contribution in [0.3, 0.4) is 0 Å². The number of anilines is 1. The fraction of sp³-hybridized carbons (Fsp3) is 0.250. The van der Waals surface area contributed by atoms with Crippen molar-refractivity contribution in [2.24, 2.45) is 0 Å². The van der Waals surface area contributed by atoms with Gasteiger partial charge < -0.3 is 15.1 Å². The first-order valence-electron chi connectivity index (χ1n) is 8.63. The van der Waals surface area contributed by atoms with Crippen LogP contribution in [-0.4, -0.2) is 49.4 Å². The van der Waals surface area contributed by atoms with Gasteiger partial charge in [0, 0.05) is 37.4 Å². The summed E-state index contributed by atoms with van der Waals surface area (Å²) < 4.78 is 13.0. The average Bonchev–Trinajstić information content (AvgIpc) is 2.72. The summed E-state index contributed by atoms with van der Waals surface area (Å²) in [6.07, 6.45) is 0. The molecule has 0 aromatic heterocycles. The van der Waals surface area contributed by atoms with Crippen LogP contribution in [0, 0.1) is 17.1 Å². The zero-order valence-corrected chi connectivity index (χ0v) is 14.7. The molecule has 1 fully saturated rings. The zero-order chi connectivity index (χ0) is 19.2.